The molecule has 1 aromatic carbocycles. The number of aryl methyl sites for hydroxylation is 2. The summed E-state index contributed by atoms with van der Waals surface area (Å²) in [4.78, 5) is 0. The lowest BCUT2D eigenvalue weighted by Gasteiger charge is -2.37. The van der Waals surface area contributed by atoms with E-state index in [0.29, 0.717) is 6.04 Å². The lowest BCUT2D eigenvalue weighted by atomic mass is 9.74. The summed E-state index contributed by atoms with van der Waals surface area (Å²) in [7, 11) is 0. The SMILES string of the molecule is CCCc1cc2c(o1)CN[C@@H]1CCc3cc(O)c(O)cc3[C@@H]21. The number of fused-ring (bicyclic) bond motifs is 5. The van der Waals surface area contributed by atoms with Gasteiger partial charge in [0.1, 0.15) is 11.5 Å². The van der Waals surface area contributed by atoms with E-state index in [-0.39, 0.29) is 17.4 Å². The molecule has 2 atom stereocenters. The number of phenolic OH excluding ortho intramolecular Hbond substituents is 2. The minimum absolute atomic E-state index is 0.0277. The summed E-state index contributed by atoms with van der Waals surface area (Å²) in [6.45, 7) is 2.93. The van der Waals surface area contributed by atoms with Crippen molar-refractivity contribution in [2.75, 3.05) is 0 Å². The van der Waals surface area contributed by atoms with Gasteiger partial charge >= 0.3 is 0 Å². The summed E-state index contributed by atoms with van der Waals surface area (Å²) >= 11 is 0. The zero-order valence-corrected chi connectivity index (χ0v) is 12.7. The highest BCUT2D eigenvalue weighted by Crippen LogP contribution is 2.45. The maximum absolute atomic E-state index is 9.91. The van der Waals surface area contributed by atoms with Crippen molar-refractivity contribution >= 4 is 0 Å². The standard InChI is InChI=1S/C18H21NO3/c1-2-3-11-7-13-17(22-11)9-19-14-5-4-10-6-15(20)16(21)8-12(10)18(13)14/h6-8,14,18-21H,2-5,9H2,1H3/t14-,18+/m1/s1. The zero-order valence-electron chi connectivity index (χ0n) is 12.7. The number of hydrogen-bond donors (Lipinski definition) is 3. The summed E-state index contributed by atoms with van der Waals surface area (Å²) in [5, 5.41) is 23.2. The largest absolute Gasteiger partial charge is 0.504 e. The van der Waals surface area contributed by atoms with Crippen LogP contribution in [-0.4, -0.2) is 16.3 Å². The van der Waals surface area contributed by atoms with Crippen LogP contribution in [0.3, 0.4) is 0 Å². The summed E-state index contributed by atoms with van der Waals surface area (Å²) < 4.78 is 5.99. The van der Waals surface area contributed by atoms with Crippen LogP contribution < -0.4 is 5.32 Å². The molecule has 0 radical (unpaired) electrons. The third-order valence-corrected chi connectivity index (χ3v) is 4.95. The molecule has 3 N–H and O–H groups in total. The van der Waals surface area contributed by atoms with Crippen LogP contribution in [-0.2, 0) is 19.4 Å². The smallest absolute Gasteiger partial charge is 0.157 e. The average Bonchev–Trinajstić information content (AvgIpc) is 2.91. The van der Waals surface area contributed by atoms with E-state index in [4.69, 9.17) is 4.42 Å². The monoisotopic (exact) mass is 299 g/mol. The van der Waals surface area contributed by atoms with Crippen molar-refractivity contribution < 1.29 is 14.6 Å². The molecule has 1 aliphatic heterocycles. The molecule has 0 spiro atoms. The van der Waals surface area contributed by atoms with Crippen molar-refractivity contribution in [3.63, 3.8) is 0 Å². The van der Waals surface area contributed by atoms with Crippen molar-refractivity contribution in [3.05, 3.63) is 46.4 Å². The van der Waals surface area contributed by atoms with Crippen LogP contribution in [0.25, 0.3) is 0 Å². The predicted molar refractivity (Wildman–Crippen MR) is 83.3 cm³/mol. The molecule has 0 bridgehead atoms. The molecule has 2 heterocycles. The van der Waals surface area contributed by atoms with Crippen LogP contribution in [0.1, 0.15) is 53.9 Å². The van der Waals surface area contributed by atoms with Crippen molar-refractivity contribution in [2.24, 2.45) is 0 Å². The molecule has 2 aromatic rings. The van der Waals surface area contributed by atoms with Gasteiger partial charge in [-0.25, -0.2) is 0 Å². The molecular weight excluding hydrogens is 278 g/mol. The highest BCUT2D eigenvalue weighted by Gasteiger charge is 2.37. The molecule has 4 rings (SSSR count). The summed E-state index contributed by atoms with van der Waals surface area (Å²) in [6, 6.07) is 6.00. The van der Waals surface area contributed by atoms with E-state index in [1.165, 1.54) is 5.56 Å². The van der Waals surface area contributed by atoms with Crippen LogP contribution in [0.5, 0.6) is 11.5 Å². The van der Waals surface area contributed by atoms with E-state index in [0.717, 1.165) is 54.9 Å². The van der Waals surface area contributed by atoms with Gasteiger partial charge in [0.05, 0.1) is 6.54 Å². The Morgan fingerprint density at radius 2 is 2.00 bits per heavy atom. The van der Waals surface area contributed by atoms with Crippen LogP contribution >= 0.6 is 0 Å². The number of aromatic hydroxyl groups is 2. The molecule has 4 nitrogen and oxygen atoms in total. The summed E-state index contributed by atoms with van der Waals surface area (Å²) in [6.07, 6.45) is 3.99. The first-order chi connectivity index (χ1) is 10.7. The van der Waals surface area contributed by atoms with Gasteiger partial charge in [-0.3, -0.25) is 0 Å². The van der Waals surface area contributed by atoms with Gasteiger partial charge in [-0.1, -0.05) is 6.92 Å². The Balaban J connectivity index is 1.83. The summed E-state index contributed by atoms with van der Waals surface area (Å²) in [5.74, 6) is 2.20. The second-order valence-electron chi connectivity index (χ2n) is 6.38. The third-order valence-electron chi connectivity index (χ3n) is 4.95. The van der Waals surface area contributed by atoms with Gasteiger partial charge in [0.25, 0.3) is 0 Å². The maximum Gasteiger partial charge on any atom is 0.157 e. The van der Waals surface area contributed by atoms with Crippen molar-refractivity contribution in [3.8, 4) is 11.5 Å². The number of hydrogen-bond acceptors (Lipinski definition) is 4. The molecule has 0 saturated carbocycles. The Bertz CT molecular complexity index is 719. The number of rotatable bonds is 2. The molecule has 0 unspecified atom stereocenters. The van der Waals surface area contributed by atoms with Crippen LogP contribution in [0.15, 0.2) is 22.6 Å². The molecule has 22 heavy (non-hydrogen) atoms. The predicted octanol–water partition coefficient (Wildman–Crippen LogP) is 3.19. The van der Waals surface area contributed by atoms with E-state index in [1.54, 1.807) is 12.1 Å². The molecule has 1 aliphatic carbocycles. The lowest BCUT2D eigenvalue weighted by molar-refractivity contribution is 0.346. The average molecular weight is 299 g/mol. The fraction of sp³-hybridized carbons (Fsp3) is 0.444. The van der Waals surface area contributed by atoms with Gasteiger partial charge in [-0.05, 0) is 48.6 Å². The quantitative estimate of drug-likeness (QED) is 0.745. The van der Waals surface area contributed by atoms with Crippen LogP contribution in [0.4, 0.5) is 0 Å². The molecule has 4 heteroatoms. The number of furan rings is 1. The van der Waals surface area contributed by atoms with Crippen molar-refractivity contribution in [2.45, 2.75) is 51.1 Å². The topological polar surface area (TPSA) is 65.6 Å². The Hall–Kier alpha value is -1.94. The molecule has 1 aromatic heterocycles. The Morgan fingerprint density at radius 3 is 2.82 bits per heavy atom. The van der Waals surface area contributed by atoms with E-state index in [9.17, 15) is 10.2 Å². The first-order valence-electron chi connectivity index (χ1n) is 8.07. The molecular formula is C18H21NO3. The molecule has 0 amide bonds. The molecule has 116 valence electrons. The first kappa shape index (κ1) is 13.7. The van der Waals surface area contributed by atoms with Crippen molar-refractivity contribution in [1.82, 2.24) is 5.32 Å². The van der Waals surface area contributed by atoms with Gasteiger partial charge in [0.2, 0.25) is 0 Å². The normalized spacial score (nSPS) is 22.8. The van der Waals surface area contributed by atoms with E-state index in [1.807, 2.05) is 0 Å². The Morgan fingerprint density at radius 1 is 1.18 bits per heavy atom. The number of benzene rings is 1. The maximum atomic E-state index is 9.91. The highest BCUT2D eigenvalue weighted by molar-refractivity contribution is 5.52. The number of nitrogens with one attached hydrogen (secondary N) is 1. The van der Waals surface area contributed by atoms with Gasteiger partial charge in [-0.2, -0.15) is 0 Å². The van der Waals surface area contributed by atoms with Crippen LogP contribution in [0.2, 0.25) is 0 Å². The van der Waals surface area contributed by atoms with E-state index < -0.39 is 0 Å². The minimum atomic E-state index is -0.0381. The first-order valence-corrected chi connectivity index (χ1v) is 8.07. The van der Waals surface area contributed by atoms with Gasteiger partial charge in [0, 0.05) is 23.9 Å². The zero-order chi connectivity index (χ0) is 15.3. The van der Waals surface area contributed by atoms with Crippen LogP contribution in [0, 0.1) is 0 Å². The van der Waals surface area contributed by atoms with E-state index >= 15 is 0 Å². The van der Waals surface area contributed by atoms with Gasteiger partial charge in [-0.15, -0.1) is 0 Å². The molecule has 0 fully saturated rings. The summed E-state index contributed by atoms with van der Waals surface area (Å²) in [5.41, 5.74) is 3.49. The third kappa shape index (κ3) is 2.02. The minimum Gasteiger partial charge on any atom is -0.504 e. The molecule has 2 aliphatic rings. The Kier molecular flexibility index (Phi) is 3.15. The fourth-order valence-corrected chi connectivity index (χ4v) is 3.94. The van der Waals surface area contributed by atoms with Gasteiger partial charge < -0.3 is 19.9 Å². The highest BCUT2D eigenvalue weighted by atomic mass is 16.3. The lowest BCUT2D eigenvalue weighted by Crippen LogP contribution is -2.42. The Labute approximate surface area is 129 Å². The van der Waals surface area contributed by atoms with E-state index in [2.05, 4.69) is 18.3 Å². The van der Waals surface area contributed by atoms with Gasteiger partial charge in [0.15, 0.2) is 11.5 Å². The second kappa shape index (κ2) is 5.06. The number of phenols is 2. The fourth-order valence-electron chi connectivity index (χ4n) is 3.94. The molecule has 0 saturated heterocycles. The van der Waals surface area contributed by atoms with Crippen molar-refractivity contribution in [1.29, 1.82) is 0 Å². The second-order valence-corrected chi connectivity index (χ2v) is 6.38.